The normalized spacial score (nSPS) is 13.2. The maximum atomic E-state index is 11.8. The van der Waals surface area contributed by atoms with Crippen LogP contribution in [0.25, 0.3) is 0 Å². The van der Waals surface area contributed by atoms with Gasteiger partial charge < -0.3 is 5.32 Å². The molecule has 0 heterocycles. The van der Waals surface area contributed by atoms with Crippen LogP contribution in [-0.4, -0.2) is 23.1 Å². The van der Waals surface area contributed by atoms with Crippen LogP contribution in [0, 0.1) is 5.41 Å². The molecule has 0 saturated heterocycles. The molecule has 2 N–H and O–H groups in total. The summed E-state index contributed by atoms with van der Waals surface area (Å²) in [5, 5.41) is 8.09. The van der Waals surface area contributed by atoms with Crippen molar-refractivity contribution in [2.24, 2.45) is 0 Å². The molecule has 0 aliphatic rings. The van der Waals surface area contributed by atoms with Crippen molar-refractivity contribution in [1.82, 2.24) is 5.32 Å². The standard InChI is InChI=1S/C6H11F3N2S/c1-5(2,11-3)12-4(10)6(7,8)9/h10-11H,1-3H3. The van der Waals surface area contributed by atoms with E-state index in [4.69, 9.17) is 5.41 Å². The van der Waals surface area contributed by atoms with E-state index in [0.717, 1.165) is 0 Å². The van der Waals surface area contributed by atoms with Gasteiger partial charge in [0, 0.05) is 0 Å². The maximum Gasteiger partial charge on any atom is 0.438 e. The molecule has 0 saturated carbocycles. The first-order valence-corrected chi connectivity index (χ1v) is 4.04. The quantitative estimate of drug-likeness (QED) is 0.407. The molecule has 0 unspecified atom stereocenters. The topological polar surface area (TPSA) is 35.9 Å². The number of rotatable bonds is 2. The number of halogens is 3. The Hall–Kier alpha value is -0.230. The average molecular weight is 200 g/mol. The first-order valence-electron chi connectivity index (χ1n) is 3.23. The van der Waals surface area contributed by atoms with Crippen LogP contribution in [-0.2, 0) is 0 Å². The lowest BCUT2D eigenvalue weighted by atomic mass is 10.4. The highest BCUT2D eigenvalue weighted by molar-refractivity contribution is 8.15. The molecule has 0 fully saturated rings. The lowest BCUT2D eigenvalue weighted by molar-refractivity contribution is -0.0562. The van der Waals surface area contributed by atoms with Gasteiger partial charge in [-0.1, -0.05) is 11.8 Å². The molecule has 72 valence electrons. The van der Waals surface area contributed by atoms with Gasteiger partial charge in [-0.15, -0.1) is 0 Å². The van der Waals surface area contributed by atoms with E-state index in [2.05, 4.69) is 5.32 Å². The van der Waals surface area contributed by atoms with Crippen molar-refractivity contribution in [3.05, 3.63) is 0 Å². The SMILES string of the molecule is CNC(C)(C)SC(=N)C(F)(F)F. The lowest BCUT2D eigenvalue weighted by Crippen LogP contribution is -2.36. The molecule has 0 aromatic heterocycles. The molecule has 0 amide bonds. The van der Waals surface area contributed by atoms with Gasteiger partial charge in [0.25, 0.3) is 0 Å². The Labute approximate surface area is 73.4 Å². The summed E-state index contributed by atoms with van der Waals surface area (Å²) in [4.78, 5) is -0.757. The third-order valence-electron chi connectivity index (χ3n) is 1.22. The van der Waals surface area contributed by atoms with Crippen molar-refractivity contribution < 1.29 is 13.2 Å². The summed E-state index contributed by atoms with van der Waals surface area (Å²) in [5.74, 6) is 0. The third kappa shape index (κ3) is 3.96. The van der Waals surface area contributed by atoms with Gasteiger partial charge in [-0.05, 0) is 20.9 Å². The van der Waals surface area contributed by atoms with Crippen LogP contribution in [0.15, 0.2) is 0 Å². The number of nitrogens with one attached hydrogen (secondary N) is 2. The second-order valence-corrected chi connectivity index (χ2v) is 4.32. The summed E-state index contributed by atoms with van der Waals surface area (Å²) < 4.78 is 35.5. The molecular weight excluding hydrogens is 189 g/mol. The van der Waals surface area contributed by atoms with Gasteiger partial charge in [-0.3, -0.25) is 5.41 Å². The fourth-order valence-electron chi connectivity index (χ4n) is 0.364. The predicted octanol–water partition coefficient (Wildman–Crippen LogP) is 2.21. The zero-order valence-electron chi connectivity index (χ0n) is 7.04. The van der Waals surface area contributed by atoms with Gasteiger partial charge in [-0.25, -0.2) is 0 Å². The highest BCUT2D eigenvalue weighted by atomic mass is 32.2. The zero-order valence-corrected chi connectivity index (χ0v) is 7.86. The highest BCUT2D eigenvalue weighted by Crippen LogP contribution is 2.30. The molecule has 0 rings (SSSR count). The summed E-state index contributed by atoms with van der Waals surface area (Å²) in [6.07, 6.45) is -4.53. The maximum absolute atomic E-state index is 11.8. The van der Waals surface area contributed by atoms with E-state index in [9.17, 15) is 13.2 Å². The Morgan fingerprint density at radius 2 is 1.75 bits per heavy atom. The molecule has 0 spiro atoms. The number of thioether (sulfide) groups is 1. The first kappa shape index (κ1) is 11.8. The van der Waals surface area contributed by atoms with Crippen LogP contribution in [0.4, 0.5) is 13.2 Å². The van der Waals surface area contributed by atoms with Crippen LogP contribution >= 0.6 is 11.8 Å². The molecule has 0 aliphatic carbocycles. The molecule has 0 aliphatic heterocycles. The average Bonchev–Trinajstić information content (AvgIpc) is 1.85. The molecule has 2 nitrogen and oxygen atoms in total. The monoisotopic (exact) mass is 200 g/mol. The summed E-state index contributed by atoms with van der Waals surface area (Å²) in [6.45, 7) is 3.16. The van der Waals surface area contributed by atoms with E-state index >= 15 is 0 Å². The fourth-order valence-corrected chi connectivity index (χ4v) is 1.09. The Kier molecular flexibility index (Phi) is 3.59. The Morgan fingerprint density at radius 3 is 2.00 bits per heavy atom. The van der Waals surface area contributed by atoms with Crippen molar-refractivity contribution in [1.29, 1.82) is 5.41 Å². The molecule has 0 bridgehead atoms. The predicted molar refractivity (Wildman–Crippen MR) is 44.5 cm³/mol. The summed E-state index contributed by atoms with van der Waals surface area (Å²) in [7, 11) is 1.55. The minimum Gasteiger partial charge on any atom is -0.306 e. The van der Waals surface area contributed by atoms with E-state index in [1.165, 1.54) is 0 Å². The van der Waals surface area contributed by atoms with E-state index in [1.54, 1.807) is 20.9 Å². The van der Waals surface area contributed by atoms with Crippen LogP contribution in [0.2, 0.25) is 0 Å². The smallest absolute Gasteiger partial charge is 0.306 e. The van der Waals surface area contributed by atoms with Crippen molar-refractivity contribution in [2.75, 3.05) is 7.05 Å². The Bertz CT molecular complexity index is 176. The van der Waals surface area contributed by atoms with Gasteiger partial charge >= 0.3 is 6.18 Å². The lowest BCUT2D eigenvalue weighted by Gasteiger charge is -2.23. The zero-order chi connectivity index (χ0) is 9.99. The summed E-state index contributed by atoms with van der Waals surface area (Å²) >= 11 is 0.456. The van der Waals surface area contributed by atoms with Gasteiger partial charge in [0.1, 0.15) is 0 Å². The Balaban J connectivity index is 4.20. The van der Waals surface area contributed by atoms with E-state index in [0.29, 0.717) is 11.8 Å². The van der Waals surface area contributed by atoms with Gasteiger partial charge in [-0.2, -0.15) is 13.2 Å². The van der Waals surface area contributed by atoms with Crippen LogP contribution < -0.4 is 5.32 Å². The van der Waals surface area contributed by atoms with Crippen molar-refractivity contribution in [3.63, 3.8) is 0 Å². The molecule has 6 heteroatoms. The van der Waals surface area contributed by atoms with Crippen molar-refractivity contribution >= 4 is 16.8 Å². The number of alkyl halides is 3. The number of hydrogen-bond acceptors (Lipinski definition) is 3. The second-order valence-electron chi connectivity index (χ2n) is 2.69. The molecule has 12 heavy (non-hydrogen) atoms. The van der Waals surface area contributed by atoms with Gasteiger partial charge in [0.05, 0.1) is 4.87 Å². The largest absolute Gasteiger partial charge is 0.438 e. The first-order chi connectivity index (χ1) is 5.19. The molecule has 0 radical (unpaired) electrons. The molecular formula is C6H11F3N2S. The highest BCUT2D eigenvalue weighted by Gasteiger charge is 2.38. The van der Waals surface area contributed by atoms with Gasteiger partial charge in [0.15, 0.2) is 5.04 Å². The van der Waals surface area contributed by atoms with Gasteiger partial charge in [0.2, 0.25) is 0 Å². The minimum atomic E-state index is -4.53. The van der Waals surface area contributed by atoms with E-state index in [-0.39, 0.29) is 0 Å². The fraction of sp³-hybridized carbons (Fsp3) is 0.833. The van der Waals surface area contributed by atoms with Crippen LogP contribution in [0.1, 0.15) is 13.8 Å². The van der Waals surface area contributed by atoms with E-state index in [1.807, 2.05) is 0 Å². The summed E-state index contributed by atoms with van der Waals surface area (Å²) in [5.41, 5.74) is 0. The van der Waals surface area contributed by atoms with Crippen LogP contribution in [0.5, 0.6) is 0 Å². The van der Waals surface area contributed by atoms with Crippen molar-refractivity contribution in [3.8, 4) is 0 Å². The van der Waals surface area contributed by atoms with Crippen LogP contribution in [0.3, 0.4) is 0 Å². The summed E-state index contributed by atoms with van der Waals surface area (Å²) in [6, 6.07) is 0. The van der Waals surface area contributed by atoms with E-state index < -0.39 is 16.1 Å². The van der Waals surface area contributed by atoms with Crippen molar-refractivity contribution in [2.45, 2.75) is 24.9 Å². The molecule has 0 aromatic carbocycles. The number of hydrogen-bond donors (Lipinski definition) is 2. The Morgan fingerprint density at radius 1 is 1.33 bits per heavy atom. The molecule has 0 aromatic rings. The molecule has 0 atom stereocenters. The second kappa shape index (κ2) is 3.66. The third-order valence-corrected chi connectivity index (χ3v) is 2.37. The minimum absolute atomic E-state index is 0.456.